The number of nitro benzene ring substituents is 1. The van der Waals surface area contributed by atoms with Crippen LogP contribution in [0.2, 0.25) is 0 Å². The molecule has 25 heavy (non-hydrogen) atoms. The number of rotatable bonds is 5. The van der Waals surface area contributed by atoms with Crippen LogP contribution in [0.15, 0.2) is 18.2 Å². The molecule has 1 aromatic rings. The summed E-state index contributed by atoms with van der Waals surface area (Å²) in [4.78, 5) is 13.5. The molecular weight excluding hydrogens is 318 g/mol. The third-order valence-corrected chi connectivity index (χ3v) is 5.69. The number of ether oxygens (including phenoxy) is 1. The van der Waals surface area contributed by atoms with Crippen molar-refractivity contribution in [3.63, 3.8) is 0 Å². The average molecular weight is 347 g/mol. The summed E-state index contributed by atoms with van der Waals surface area (Å²) in [6, 6.07) is 6.21. The lowest BCUT2D eigenvalue weighted by Crippen LogP contribution is -2.47. The van der Waals surface area contributed by atoms with E-state index in [0.717, 1.165) is 37.9 Å². The van der Waals surface area contributed by atoms with Crippen molar-refractivity contribution in [1.29, 1.82) is 0 Å². The average Bonchev–Trinajstić information content (AvgIpc) is 2.62. The van der Waals surface area contributed by atoms with E-state index in [2.05, 4.69) is 10.2 Å². The summed E-state index contributed by atoms with van der Waals surface area (Å²) in [6.45, 7) is 4.07. The number of piperidine rings is 1. The summed E-state index contributed by atoms with van der Waals surface area (Å²) in [5, 5.41) is 14.7. The second kappa shape index (κ2) is 8.15. The fourth-order valence-corrected chi connectivity index (χ4v) is 4.22. The van der Waals surface area contributed by atoms with Crippen molar-refractivity contribution in [2.75, 3.05) is 25.5 Å². The van der Waals surface area contributed by atoms with Crippen LogP contribution in [0, 0.1) is 17.0 Å². The van der Waals surface area contributed by atoms with Crippen molar-refractivity contribution < 1.29 is 9.66 Å². The highest BCUT2D eigenvalue weighted by Crippen LogP contribution is 2.30. The molecule has 1 aliphatic carbocycles. The van der Waals surface area contributed by atoms with Crippen molar-refractivity contribution >= 4 is 11.4 Å². The van der Waals surface area contributed by atoms with Gasteiger partial charge in [-0.2, -0.15) is 0 Å². The van der Waals surface area contributed by atoms with E-state index in [1.807, 2.05) is 20.1 Å². The number of aryl methyl sites for hydroxylation is 1. The molecule has 6 heteroatoms. The molecule has 1 saturated heterocycles. The maximum Gasteiger partial charge on any atom is 0.292 e. The van der Waals surface area contributed by atoms with Gasteiger partial charge >= 0.3 is 0 Å². The van der Waals surface area contributed by atoms with Crippen LogP contribution in [0.1, 0.15) is 44.1 Å². The van der Waals surface area contributed by atoms with E-state index in [1.54, 1.807) is 12.1 Å². The summed E-state index contributed by atoms with van der Waals surface area (Å²) in [7, 11) is 1.82. The number of nitrogens with zero attached hydrogens (tertiary/aromatic N) is 2. The second-order valence-corrected chi connectivity index (χ2v) is 7.41. The van der Waals surface area contributed by atoms with Crippen molar-refractivity contribution in [2.45, 2.75) is 63.6 Å². The molecule has 0 spiro atoms. The maximum atomic E-state index is 11.2. The van der Waals surface area contributed by atoms with Crippen LogP contribution < -0.4 is 5.32 Å². The van der Waals surface area contributed by atoms with Gasteiger partial charge in [-0.1, -0.05) is 6.07 Å². The van der Waals surface area contributed by atoms with Crippen LogP contribution in [0.5, 0.6) is 0 Å². The Morgan fingerprint density at radius 3 is 2.68 bits per heavy atom. The molecule has 1 N–H and O–H groups in total. The zero-order chi connectivity index (χ0) is 17.8. The smallest absolute Gasteiger partial charge is 0.292 e. The molecule has 0 radical (unpaired) electrons. The fraction of sp³-hybridized carbons (Fsp3) is 0.684. The Hall–Kier alpha value is -1.66. The van der Waals surface area contributed by atoms with Gasteiger partial charge in [-0.05, 0) is 57.1 Å². The van der Waals surface area contributed by atoms with Gasteiger partial charge in [0.25, 0.3) is 5.69 Å². The molecule has 0 aromatic heterocycles. The number of benzene rings is 1. The monoisotopic (exact) mass is 347 g/mol. The predicted octanol–water partition coefficient (Wildman–Crippen LogP) is 3.74. The number of nitrogens with one attached hydrogen (secondary N) is 1. The van der Waals surface area contributed by atoms with Gasteiger partial charge in [-0.25, -0.2) is 0 Å². The van der Waals surface area contributed by atoms with Crippen LogP contribution in [-0.2, 0) is 4.74 Å². The molecule has 1 saturated carbocycles. The van der Waals surface area contributed by atoms with E-state index < -0.39 is 0 Å². The van der Waals surface area contributed by atoms with Crippen molar-refractivity contribution in [3.8, 4) is 0 Å². The van der Waals surface area contributed by atoms with Gasteiger partial charge in [0.1, 0.15) is 5.69 Å². The molecule has 6 nitrogen and oxygen atoms in total. The Bertz CT molecular complexity index is 600. The Kier molecular flexibility index (Phi) is 5.91. The SMILES string of the molecule is CO[C@@H]1CCC[C@@H](N2CCC(Nc3cc(C)ccc3[N+](=O)[O-])CC2)C1. The normalized spacial score (nSPS) is 25.7. The quantitative estimate of drug-likeness (QED) is 0.649. The standard InChI is InChI=1S/C19H29N3O3/c1-14-6-7-19(22(23)24)18(12-14)20-15-8-10-21(11-9-15)16-4-3-5-17(13-16)25-2/h6-7,12,15-17,20H,3-5,8-11,13H2,1-2H3/t16-,17-/m1/s1. The number of anilines is 1. The fourth-order valence-electron chi connectivity index (χ4n) is 4.22. The number of likely N-dealkylation sites (tertiary alicyclic amines) is 1. The van der Waals surface area contributed by atoms with Crippen LogP contribution >= 0.6 is 0 Å². The van der Waals surface area contributed by atoms with Gasteiger partial charge < -0.3 is 15.0 Å². The van der Waals surface area contributed by atoms with Crippen LogP contribution in [0.4, 0.5) is 11.4 Å². The molecule has 2 aliphatic rings. The van der Waals surface area contributed by atoms with Gasteiger partial charge in [-0.3, -0.25) is 10.1 Å². The van der Waals surface area contributed by atoms with Crippen molar-refractivity contribution in [3.05, 3.63) is 33.9 Å². The molecule has 1 aromatic carbocycles. The Morgan fingerprint density at radius 1 is 1.24 bits per heavy atom. The summed E-state index contributed by atoms with van der Waals surface area (Å²) < 4.78 is 5.56. The second-order valence-electron chi connectivity index (χ2n) is 7.41. The summed E-state index contributed by atoms with van der Waals surface area (Å²) in [5.74, 6) is 0. The minimum absolute atomic E-state index is 0.170. The molecule has 138 valence electrons. The largest absolute Gasteiger partial charge is 0.381 e. The zero-order valence-corrected chi connectivity index (χ0v) is 15.2. The molecule has 1 aliphatic heterocycles. The van der Waals surface area contributed by atoms with Gasteiger partial charge in [0.2, 0.25) is 0 Å². The molecule has 0 bridgehead atoms. The van der Waals surface area contributed by atoms with Crippen LogP contribution in [-0.4, -0.2) is 48.2 Å². The minimum Gasteiger partial charge on any atom is -0.381 e. The zero-order valence-electron chi connectivity index (χ0n) is 15.2. The lowest BCUT2D eigenvalue weighted by Gasteiger charge is -2.41. The summed E-state index contributed by atoms with van der Waals surface area (Å²) in [6.07, 6.45) is 7.29. The first-order chi connectivity index (χ1) is 12.1. The third-order valence-electron chi connectivity index (χ3n) is 5.69. The van der Waals surface area contributed by atoms with Crippen molar-refractivity contribution in [1.82, 2.24) is 4.90 Å². The maximum absolute atomic E-state index is 11.2. The molecule has 2 fully saturated rings. The molecule has 2 atom stereocenters. The minimum atomic E-state index is -0.302. The van der Waals surface area contributed by atoms with E-state index in [9.17, 15) is 10.1 Å². The number of hydrogen-bond acceptors (Lipinski definition) is 5. The van der Waals surface area contributed by atoms with Crippen molar-refractivity contribution in [2.24, 2.45) is 0 Å². The molecular formula is C19H29N3O3. The van der Waals surface area contributed by atoms with E-state index in [1.165, 1.54) is 19.3 Å². The first kappa shape index (κ1) is 18.1. The Morgan fingerprint density at radius 2 is 2.00 bits per heavy atom. The first-order valence-electron chi connectivity index (χ1n) is 9.35. The lowest BCUT2D eigenvalue weighted by molar-refractivity contribution is -0.384. The first-order valence-corrected chi connectivity index (χ1v) is 9.35. The summed E-state index contributed by atoms with van der Waals surface area (Å²) in [5.41, 5.74) is 1.86. The van der Waals surface area contributed by atoms with E-state index in [4.69, 9.17) is 4.74 Å². The third kappa shape index (κ3) is 4.50. The highest BCUT2D eigenvalue weighted by atomic mass is 16.6. The highest BCUT2D eigenvalue weighted by molar-refractivity contribution is 5.63. The van der Waals surface area contributed by atoms with E-state index >= 15 is 0 Å². The molecule has 1 heterocycles. The van der Waals surface area contributed by atoms with E-state index in [0.29, 0.717) is 23.9 Å². The van der Waals surface area contributed by atoms with Crippen LogP contribution in [0.3, 0.4) is 0 Å². The van der Waals surface area contributed by atoms with E-state index in [-0.39, 0.29) is 10.6 Å². The van der Waals surface area contributed by atoms with Gasteiger partial charge in [0.05, 0.1) is 11.0 Å². The topological polar surface area (TPSA) is 67.6 Å². The molecule has 0 amide bonds. The van der Waals surface area contributed by atoms with Crippen LogP contribution in [0.25, 0.3) is 0 Å². The highest BCUT2D eigenvalue weighted by Gasteiger charge is 2.30. The number of methoxy groups -OCH3 is 1. The Balaban J connectivity index is 1.56. The predicted molar refractivity (Wildman–Crippen MR) is 99.1 cm³/mol. The van der Waals surface area contributed by atoms with Gasteiger partial charge in [-0.15, -0.1) is 0 Å². The van der Waals surface area contributed by atoms with Gasteiger partial charge in [0.15, 0.2) is 0 Å². The molecule has 0 unspecified atom stereocenters. The molecule has 3 rings (SSSR count). The lowest BCUT2D eigenvalue weighted by atomic mass is 9.90. The summed E-state index contributed by atoms with van der Waals surface area (Å²) >= 11 is 0. The number of nitro groups is 1. The number of hydrogen-bond donors (Lipinski definition) is 1. The van der Waals surface area contributed by atoms with Gasteiger partial charge in [0, 0.05) is 38.3 Å². The Labute approximate surface area is 149 Å².